The molecule has 8 nitrogen and oxygen atoms in total. The molecule has 1 heterocycles. The van der Waals surface area contributed by atoms with Gasteiger partial charge in [-0.05, 0) is 32.0 Å². The van der Waals surface area contributed by atoms with Crippen molar-refractivity contribution in [2.75, 3.05) is 10.6 Å². The van der Waals surface area contributed by atoms with Crippen LogP contribution >= 0.6 is 0 Å². The maximum absolute atomic E-state index is 13.8. The zero-order valence-electron chi connectivity index (χ0n) is 13.6. The maximum atomic E-state index is 13.8. The van der Waals surface area contributed by atoms with Gasteiger partial charge >= 0.3 is 6.03 Å². The number of halogens is 1. The van der Waals surface area contributed by atoms with Gasteiger partial charge in [-0.2, -0.15) is 5.10 Å². The van der Waals surface area contributed by atoms with Gasteiger partial charge in [0, 0.05) is 12.1 Å². The van der Waals surface area contributed by atoms with Crippen LogP contribution < -0.4 is 16.0 Å². The molecule has 1 aromatic heterocycles. The quantitative estimate of drug-likeness (QED) is 0.673. The molecule has 0 aliphatic heterocycles. The molecule has 0 aliphatic carbocycles. The van der Waals surface area contributed by atoms with Gasteiger partial charge < -0.3 is 16.0 Å². The number of H-pyrrole nitrogens is 1. The molecule has 0 radical (unpaired) electrons. The van der Waals surface area contributed by atoms with E-state index in [1.165, 1.54) is 18.2 Å². The van der Waals surface area contributed by atoms with E-state index >= 15 is 0 Å². The van der Waals surface area contributed by atoms with Crippen LogP contribution in [0.5, 0.6) is 0 Å². The number of nitrogens with zero attached hydrogens (tertiary/aromatic N) is 2. The number of urea groups is 1. The average molecular weight is 334 g/mol. The third-order valence-electron chi connectivity index (χ3n) is 3.17. The van der Waals surface area contributed by atoms with Crippen LogP contribution in [0.4, 0.5) is 20.6 Å². The molecule has 24 heavy (non-hydrogen) atoms. The predicted octanol–water partition coefficient (Wildman–Crippen LogP) is 2.48. The zero-order chi connectivity index (χ0) is 17.7. The lowest BCUT2D eigenvalue weighted by atomic mass is 10.2. The molecule has 0 saturated carbocycles. The number of nitrogens with one attached hydrogen (secondary N) is 4. The fourth-order valence-corrected chi connectivity index (χ4v) is 1.92. The van der Waals surface area contributed by atoms with Crippen molar-refractivity contribution in [3.05, 3.63) is 35.7 Å². The Kier molecular flexibility index (Phi) is 5.46. The van der Waals surface area contributed by atoms with E-state index < -0.39 is 17.9 Å². The Balaban J connectivity index is 2.02. The molecule has 0 bridgehead atoms. The van der Waals surface area contributed by atoms with Crippen LogP contribution in [0.25, 0.3) is 0 Å². The number of aryl methyl sites for hydroxylation is 1. The highest BCUT2D eigenvalue weighted by molar-refractivity contribution is 5.93. The summed E-state index contributed by atoms with van der Waals surface area (Å²) >= 11 is 0. The Morgan fingerprint density at radius 3 is 2.71 bits per heavy atom. The van der Waals surface area contributed by atoms with Crippen molar-refractivity contribution in [1.82, 2.24) is 20.5 Å². The number of carbonyl (C=O) groups excluding carboxylic acids is 2. The molecule has 0 aliphatic rings. The highest BCUT2D eigenvalue weighted by atomic mass is 19.1. The summed E-state index contributed by atoms with van der Waals surface area (Å²) in [5, 5.41) is 14.2. The summed E-state index contributed by atoms with van der Waals surface area (Å²) in [7, 11) is 0. The van der Waals surface area contributed by atoms with Crippen molar-refractivity contribution in [2.45, 2.75) is 33.2 Å². The normalized spacial score (nSPS) is 11.7. The zero-order valence-corrected chi connectivity index (χ0v) is 13.6. The molecule has 2 aromatic rings. The van der Waals surface area contributed by atoms with Gasteiger partial charge in [0.25, 0.3) is 0 Å². The number of aromatic amines is 1. The van der Waals surface area contributed by atoms with Crippen molar-refractivity contribution in [2.24, 2.45) is 0 Å². The summed E-state index contributed by atoms with van der Waals surface area (Å²) < 4.78 is 13.8. The summed E-state index contributed by atoms with van der Waals surface area (Å²) in [4.78, 5) is 27.5. The van der Waals surface area contributed by atoms with Crippen LogP contribution in [0, 0.1) is 12.7 Å². The van der Waals surface area contributed by atoms with Crippen molar-refractivity contribution < 1.29 is 14.0 Å². The van der Waals surface area contributed by atoms with E-state index in [0.29, 0.717) is 23.8 Å². The molecule has 128 valence electrons. The van der Waals surface area contributed by atoms with E-state index in [9.17, 15) is 14.0 Å². The largest absolute Gasteiger partial charge is 0.328 e. The first kappa shape index (κ1) is 17.4. The maximum Gasteiger partial charge on any atom is 0.319 e. The summed E-state index contributed by atoms with van der Waals surface area (Å²) in [5.74, 6) is 0.239. The first-order valence-electron chi connectivity index (χ1n) is 7.45. The van der Waals surface area contributed by atoms with Gasteiger partial charge in [0.15, 0.2) is 5.82 Å². The predicted molar refractivity (Wildman–Crippen MR) is 87.0 cm³/mol. The monoisotopic (exact) mass is 334 g/mol. The number of aromatic nitrogens is 3. The average Bonchev–Trinajstić information content (AvgIpc) is 2.97. The molecule has 2 rings (SSSR count). The molecule has 1 atom stereocenters. The van der Waals surface area contributed by atoms with Crippen LogP contribution in [-0.4, -0.2) is 27.1 Å². The third-order valence-corrected chi connectivity index (χ3v) is 3.17. The van der Waals surface area contributed by atoms with E-state index in [1.54, 1.807) is 20.8 Å². The standard InChI is InChI=1S/C15H19FN6O2/c1-4-13(23)19-10-5-6-11(16)12(7-10)20-15(24)17-8(2)14-18-9(3)21-22-14/h5-8H,4H2,1-3H3,(H,19,23)(H2,17,20,24)(H,18,21,22)/t8-/m0/s1. The second kappa shape index (κ2) is 7.53. The van der Waals surface area contributed by atoms with E-state index in [1.807, 2.05) is 0 Å². The summed E-state index contributed by atoms with van der Waals surface area (Å²) in [6.07, 6.45) is 0.300. The molecular weight excluding hydrogens is 315 g/mol. The lowest BCUT2D eigenvalue weighted by Gasteiger charge is -2.13. The van der Waals surface area contributed by atoms with Crippen LogP contribution in [0.1, 0.15) is 38.0 Å². The Morgan fingerprint density at radius 2 is 2.08 bits per heavy atom. The lowest BCUT2D eigenvalue weighted by molar-refractivity contribution is -0.115. The van der Waals surface area contributed by atoms with E-state index in [4.69, 9.17) is 0 Å². The Labute approximate surface area is 138 Å². The second-order valence-electron chi connectivity index (χ2n) is 5.20. The van der Waals surface area contributed by atoms with Gasteiger partial charge in [-0.1, -0.05) is 6.92 Å². The van der Waals surface area contributed by atoms with Gasteiger partial charge in [0.1, 0.15) is 11.6 Å². The van der Waals surface area contributed by atoms with Crippen LogP contribution in [0.3, 0.4) is 0 Å². The van der Waals surface area contributed by atoms with Crippen LogP contribution in [0.2, 0.25) is 0 Å². The molecule has 1 aromatic carbocycles. The Bertz CT molecular complexity index is 745. The van der Waals surface area contributed by atoms with E-state index in [-0.39, 0.29) is 11.6 Å². The molecular formula is C15H19FN6O2. The van der Waals surface area contributed by atoms with Gasteiger partial charge in [0.05, 0.1) is 11.7 Å². The Morgan fingerprint density at radius 1 is 1.33 bits per heavy atom. The van der Waals surface area contributed by atoms with Crippen molar-refractivity contribution >= 4 is 23.3 Å². The summed E-state index contributed by atoms with van der Waals surface area (Å²) in [6.45, 7) is 5.16. The second-order valence-corrected chi connectivity index (χ2v) is 5.20. The first-order valence-corrected chi connectivity index (χ1v) is 7.45. The SMILES string of the molecule is CCC(=O)Nc1ccc(F)c(NC(=O)N[C@@H](C)c2n[nH]c(C)n2)c1. The lowest BCUT2D eigenvalue weighted by Crippen LogP contribution is -2.32. The molecule has 4 N–H and O–H groups in total. The van der Waals surface area contributed by atoms with Crippen molar-refractivity contribution in [1.29, 1.82) is 0 Å². The van der Waals surface area contributed by atoms with Gasteiger partial charge in [-0.25, -0.2) is 14.2 Å². The van der Waals surface area contributed by atoms with E-state index in [2.05, 4.69) is 31.1 Å². The molecule has 0 saturated heterocycles. The minimum Gasteiger partial charge on any atom is -0.328 e. The Hall–Kier alpha value is -2.97. The smallest absolute Gasteiger partial charge is 0.319 e. The molecule has 0 fully saturated rings. The highest BCUT2D eigenvalue weighted by Crippen LogP contribution is 2.20. The van der Waals surface area contributed by atoms with Crippen LogP contribution in [-0.2, 0) is 4.79 Å². The molecule has 3 amide bonds. The third kappa shape index (κ3) is 4.51. The number of rotatable bonds is 5. The molecule has 0 unspecified atom stereocenters. The highest BCUT2D eigenvalue weighted by Gasteiger charge is 2.15. The van der Waals surface area contributed by atoms with E-state index in [0.717, 1.165) is 0 Å². The number of hydrogen-bond acceptors (Lipinski definition) is 4. The number of amides is 3. The minimum atomic E-state index is -0.610. The van der Waals surface area contributed by atoms with Gasteiger partial charge in [-0.15, -0.1) is 0 Å². The number of benzene rings is 1. The van der Waals surface area contributed by atoms with Gasteiger partial charge in [-0.3, -0.25) is 9.89 Å². The number of hydrogen-bond donors (Lipinski definition) is 4. The number of anilines is 2. The van der Waals surface area contributed by atoms with Crippen LogP contribution in [0.15, 0.2) is 18.2 Å². The summed E-state index contributed by atoms with van der Waals surface area (Å²) in [5.41, 5.74) is 0.357. The fourth-order valence-electron chi connectivity index (χ4n) is 1.92. The van der Waals surface area contributed by atoms with Crippen molar-refractivity contribution in [3.8, 4) is 0 Å². The number of carbonyl (C=O) groups is 2. The summed E-state index contributed by atoms with van der Waals surface area (Å²) in [6, 6.07) is 2.88. The molecule has 9 heteroatoms. The van der Waals surface area contributed by atoms with Crippen molar-refractivity contribution in [3.63, 3.8) is 0 Å². The minimum absolute atomic E-state index is 0.0419. The fraction of sp³-hybridized carbons (Fsp3) is 0.333. The molecule has 0 spiro atoms. The first-order chi connectivity index (χ1) is 11.4. The van der Waals surface area contributed by atoms with Gasteiger partial charge in [0.2, 0.25) is 5.91 Å². The topological polar surface area (TPSA) is 112 Å².